The number of rotatable bonds is 5. The van der Waals surface area contributed by atoms with Crippen LogP contribution in [0.4, 0.5) is 0 Å². The summed E-state index contributed by atoms with van der Waals surface area (Å²) in [7, 11) is -2.32. The number of amides is 1. The average Bonchev–Trinajstić information content (AvgIpc) is 2.35. The van der Waals surface area contributed by atoms with E-state index in [9.17, 15) is 18.3 Å². The quantitative estimate of drug-likeness (QED) is 0.798. The summed E-state index contributed by atoms with van der Waals surface area (Å²) in [5.74, 6) is -0.521. The number of benzene rings is 1. The number of aromatic hydroxyl groups is 1. The fraction of sp³-hybridized carbons (Fsp3) is 0.364. The molecule has 0 aliphatic carbocycles. The first-order valence-electron chi connectivity index (χ1n) is 5.41. The first-order valence-corrected chi connectivity index (χ1v) is 6.85. The van der Waals surface area contributed by atoms with E-state index >= 15 is 0 Å². The number of phenolic OH excluding ortho intramolecular Hbond substituents is 1. The Morgan fingerprint density at radius 2 is 2.11 bits per heavy atom. The predicted molar refractivity (Wildman–Crippen MR) is 66.6 cm³/mol. The largest absolute Gasteiger partial charge is 0.508 e. The van der Waals surface area contributed by atoms with Crippen molar-refractivity contribution < 1.29 is 18.3 Å². The van der Waals surface area contributed by atoms with E-state index in [0.29, 0.717) is 0 Å². The normalized spacial score (nSPS) is 11.5. The first kappa shape index (κ1) is 14.5. The molecular formula is C11H16N2O4S. The topological polar surface area (TPSA) is 86.7 Å². The number of nitrogens with zero attached hydrogens (tertiary/aromatic N) is 1. The van der Waals surface area contributed by atoms with Crippen molar-refractivity contribution in [1.29, 1.82) is 0 Å². The van der Waals surface area contributed by atoms with Gasteiger partial charge in [0.2, 0.25) is 15.9 Å². The molecule has 1 amide bonds. The zero-order valence-corrected chi connectivity index (χ0v) is 11.1. The van der Waals surface area contributed by atoms with E-state index in [1.807, 2.05) is 0 Å². The van der Waals surface area contributed by atoms with Crippen LogP contribution in [-0.2, 0) is 14.8 Å². The van der Waals surface area contributed by atoms with E-state index in [-0.39, 0.29) is 29.6 Å². The summed E-state index contributed by atoms with van der Waals surface area (Å²) in [5, 5.41) is 11.7. The lowest BCUT2D eigenvalue weighted by molar-refractivity contribution is -0.120. The van der Waals surface area contributed by atoms with Gasteiger partial charge in [-0.2, -0.15) is 4.31 Å². The van der Waals surface area contributed by atoms with Crippen molar-refractivity contribution in [3.63, 3.8) is 0 Å². The lowest BCUT2D eigenvalue weighted by Crippen LogP contribution is -2.39. The molecule has 0 bridgehead atoms. The molecule has 0 aliphatic rings. The molecular weight excluding hydrogens is 256 g/mol. The van der Waals surface area contributed by atoms with Gasteiger partial charge >= 0.3 is 0 Å². The predicted octanol–water partition coefficient (Wildman–Crippen LogP) is 0.149. The van der Waals surface area contributed by atoms with Crippen LogP contribution in [0.3, 0.4) is 0 Å². The van der Waals surface area contributed by atoms with Crippen LogP contribution >= 0.6 is 0 Å². The molecule has 0 unspecified atom stereocenters. The Hall–Kier alpha value is -1.60. The summed E-state index contributed by atoms with van der Waals surface area (Å²) in [6.07, 6.45) is 0. The van der Waals surface area contributed by atoms with E-state index in [0.717, 1.165) is 10.4 Å². The highest BCUT2D eigenvalue weighted by molar-refractivity contribution is 7.89. The van der Waals surface area contributed by atoms with Crippen molar-refractivity contribution in [3.05, 3.63) is 24.3 Å². The molecule has 0 saturated carbocycles. The van der Waals surface area contributed by atoms with Crippen LogP contribution < -0.4 is 5.32 Å². The molecule has 1 aromatic rings. The van der Waals surface area contributed by atoms with Gasteiger partial charge in [-0.3, -0.25) is 4.79 Å². The molecule has 18 heavy (non-hydrogen) atoms. The summed E-state index contributed by atoms with van der Waals surface area (Å²) in [6.45, 7) is 1.57. The number of sulfonamides is 1. The molecule has 0 radical (unpaired) electrons. The van der Waals surface area contributed by atoms with Crippen molar-refractivity contribution in [3.8, 4) is 5.75 Å². The van der Waals surface area contributed by atoms with Crippen LogP contribution in [0.25, 0.3) is 0 Å². The molecule has 0 aliphatic heterocycles. The van der Waals surface area contributed by atoms with E-state index in [4.69, 9.17) is 0 Å². The highest BCUT2D eigenvalue weighted by atomic mass is 32.2. The summed E-state index contributed by atoms with van der Waals surface area (Å²) in [4.78, 5) is 11.2. The number of phenols is 1. The number of hydrogen-bond acceptors (Lipinski definition) is 4. The second-order valence-corrected chi connectivity index (χ2v) is 5.54. The summed E-state index contributed by atoms with van der Waals surface area (Å²) >= 11 is 0. The third kappa shape index (κ3) is 3.21. The maximum atomic E-state index is 12.2. The minimum atomic E-state index is -3.77. The van der Waals surface area contributed by atoms with Gasteiger partial charge in [-0.25, -0.2) is 8.42 Å². The minimum Gasteiger partial charge on any atom is -0.508 e. The van der Waals surface area contributed by atoms with Crippen LogP contribution in [-0.4, -0.2) is 43.9 Å². The monoisotopic (exact) mass is 272 g/mol. The fourth-order valence-electron chi connectivity index (χ4n) is 1.40. The number of nitrogens with one attached hydrogen (secondary N) is 1. The first-order chi connectivity index (χ1) is 8.41. The zero-order chi connectivity index (χ0) is 13.8. The molecule has 0 fully saturated rings. The van der Waals surface area contributed by atoms with Gasteiger partial charge in [-0.15, -0.1) is 0 Å². The maximum absolute atomic E-state index is 12.2. The standard InChI is InChI=1S/C11H16N2O4S/c1-3-13(8-11(15)12-2)18(16,17)10-6-4-5-9(14)7-10/h4-7,14H,3,8H2,1-2H3,(H,12,15). The molecule has 7 heteroatoms. The van der Waals surface area contributed by atoms with Gasteiger partial charge in [-0.1, -0.05) is 13.0 Å². The second kappa shape index (κ2) is 5.83. The summed E-state index contributed by atoms with van der Waals surface area (Å²) < 4.78 is 25.4. The molecule has 100 valence electrons. The van der Waals surface area contributed by atoms with Gasteiger partial charge in [-0.05, 0) is 18.2 Å². The average molecular weight is 272 g/mol. The fourth-order valence-corrected chi connectivity index (χ4v) is 2.84. The van der Waals surface area contributed by atoms with Crippen LogP contribution in [0, 0.1) is 0 Å². The Morgan fingerprint density at radius 1 is 1.44 bits per heavy atom. The maximum Gasteiger partial charge on any atom is 0.243 e. The minimum absolute atomic E-state index is 0.0340. The van der Waals surface area contributed by atoms with Crippen molar-refractivity contribution in [2.24, 2.45) is 0 Å². The number of hydrogen-bond donors (Lipinski definition) is 2. The highest BCUT2D eigenvalue weighted by Gasteiger charge is 2.25. The zero-order valence-electron chi connectivity index (χ0n) is 10.3. The number of carbonyl (C=O) groups is 1. The Balaban J connectivity index is 3.07. The second-order valence-electron chi connectivity index (χ2n) is 3.60. The van der Waals surface area contributed by atoms with Crippen LogP contribution in [0.5, 0.6) is 5.75 Å². The lowest BCUT2D eigenvalue weighted by Gasteiger charge is -2.19. The van der Waals surface area contributed by atoms with Gasteiger partial charge in [0, 0.05) is 13.6 Å². The van der Waals surface area contributed by atoms with Crippen molar-refractivity contribution in [1.82, 2.24) is 9.62 Å². The molecule has 0 aromatic heterocycles. The Morgan fingerprint density at radius 3 is 2.61 bits per heavy atom. The Bertz CT molecular complexity index is 528. The molecule has 0 atom stereocenters. The molecule has 6 nitrogen and oxygen atoms in total. The van der Waals surface area contributed by atoms with Crippen molar-refractivity contribution in [2.75, 3.05) is 20.1 Å². The van der Waals surface area contributed by atoms with Gasteiger partial charge < -0.3 is 10.4 Å². The van der Waals surface area contributed by atoms with Gasteiger partial charge in [0.25, 0.3) is 0 Å². The molecule has 0 spiro atoms. The van der Waals surface area contributed by atoms with Crippen LogP contribution in [0.2, 0.25) is 0 Å². The van der Waals surface area contributed by atoms with Gasteiger partial charge in [0.15, 0.2) is 0 Å². The molecule has 0 saturated heterocycles. The van der Waals surface area contributed by atoms with Crippen molar-refractivity contribution in [2.45, 2.75) is 11.8 Å². The summed E-state index contributed by atoms with van der Waals surface area (Å²) in [5.41, 5.74) is 0. The highest BCUT2D eigenvalue weighted by Crippen LogP contribution is 2.19. The lowest BCUT2D eigenvalue weighted by atomic mass is 10.3. The molecule has 2 N–H and O–H groups in total. The van der Waals surface area contributed by atoms with E-state index in [1.165, 1.54) is 25.2 Å². The number of likely N-dealkylation sites (N-methyl/N-ethyl adjacent to an activating group) is 2. The van der Waals surface area contributed by atoms with E-state index < -0.39 is 10.0 Å². The van der Waals surface area contributed by atoms with Crippen LogP contribution in [0.15, 0.2) is 29.2 Å². The molecule has 1 rings (SSSR count). The van der Waals surface area contributed by atoms with E-state index in [2.05, 4.69) is 5.32 Å². The third-order valence-corrected chi connectivity index (χ3v) is 4.32. The van der Waals surface area contributed by atoms with Crippen LogP contribution in [0.1, 0.15) is 6.92 Å². The SMILES string of the molecule is CCN(CC(=O)NC)S(=O)(=O)c1cccc(O)c1. The van der Waals surface area contributed by atoms with Gasteiger partial charge in [0.05, 0.1) is 11.4 Å². The third-order valence-electron chi connectivity index (χ3n) is 2.41. The Labute approximate surface area is 106 Å². The van der Waals surface area contributed by atoms with Crippen molar-refractivity contribution >= 4 is 15.9 Å². The molecule has 1 aromatic carbocycles. The number of carbonyl (C=O) groups excluding carboxylic acids is 1. The smallest absolute Gasteiger partial charge is 0.243 e. The Kier molecular flexibility index (Phi) is 4.69. The van der Waals surface area contributed by atoms with E-state index in [1.54, 1.807) is 6.92 Å². The molecule has 0 heterocycles. The summed E-state index contributed by atoms with van der Waals surface area (Å²) in [6, 6.07) is 5.35. The van der Waals surface area contributed by atoms with Gasteiger partial charge in [0.1, 0.15) is 5.75 Å².